The van der Waals surface area contributed by atoms with Crippen LogP contribution in [0.15, 0.2) is 30.3 Å². The first-order valence-corrected chi connectivity index (χ1v) is 6.98. The summed E-state index contributed by atoms with van der Waals surface area (Å²) in [7, 11) is 1.28. The molecule has 7 heteroatoms. The number of hydrogen-bond donors (Lipinski definition) is 0. The van der Waals surface area contributed by atoms with Crippen molar-refractivity contribution in [3.8, 4) is 0 Å². The highest BCUT2D eigenvalue weighted by Crippen LogP contribution is 2.16. The van der Waals surface area contributed by atoms with Crippen LogP contribution in [0.3, 0.4) is 0 Å². The normalized spacial score (nSPS) is 15.0. The molecular formula is C15H19N3O4. The van der Waals surface area contributed by atoms with Gasteiger partial charge in [-0.05, 0) is 5.56 Å². The van der Waals surface area contributed by atoms with Crippen LogP contribution in [-0.4, -0.2) is 59.6 Å². The minimum absolute atomic E-state index is 0.119. The van der Waals surface area contributed by atoms with Gasteiger partial charge in [-0.2, -0.15) is 0 Å². The van der Waals surface area contributed by atoms with Gasteiger partial charge in [-0.3, -0.25) is 9.59 Å². The van der Waals surface area contributed by atoms with Crippen LogP contribution in [-0.2, 0) is 20.9 Å². The SMILES string of the molecule is COC(=O)CN1CCN(C(C)=O)N(Cc2ccccc2)C1=O. The molecule has 1 heterocycles. The Labute approximate surface area is 129 Å². The Morgan fingerprint density at radius 1 is 1.18 bits per heavy atom. The third kappa shape index (κ3) is 3.55. The molecule has 1 aliphatic heterocycles. The minimum Gasteiger partial charge on any atom is -0.468 e. The third-order valence-corrected chi connectivity index (χ3v) is 3.45. The molecule has 118 valence electrons. The zero-order chi connectivity index (χ0) is 16.1. The lowest BCUT2D eigenvalue weighted by Crippen LogP contribution is -2.61. The van der Waals surface area contributed by atoms with E-state index in [0.717, 1.165) is 5.56 Å². The lowest BCUT2D eigenvalue weighted by atomic mass is 10.2. The Morgan fingerprint density at radius 3 is 2.45 bits per heavy atom. The van der Waals surface area contributed by atoms with Crippen molar-refractivity contribution in [2.45, 2.75) is 13.5 Å². The van der Waals surface area contributed by atoms with Gasteiger partial charge in [0.05, 0.1) is 20.2 Å². The number of hydrazine groups is 1. The van der Waals surface area contributed by atoms with Gasteiger partial charge in [0.1, 0.15) is 6.54 Å². The van der Waals surface area contributed by atoms with E-state index in [1.165, 1.54) is 29.0 Å². The van der Waals surface area contributed by atoms with Crippen LogP contribution in [0, 0.1) is 0 Å². The summed E-state index contributed by atoms with van der Waals surface area (Å²) in [6.45, 7) is 2.23. The van der Waals surface area contributed by atoms with Crippen LogP contribution < -0.4 is 0 Å². The molecule has 0 unspecified atom stereocenters. The van der Waals surface area contributed by atoms with Gasteiger partial charge in [-0.15, -0.1) is 0 Å². The number of carbonyl (C=O) groups excluding carboxylic acids is 3. The van der Waals surface area contributed by atoms with Gasteiger partial charge in [0.2, 0.25) is 5.91 Å². The largest absolute Gasteiger partial charge is 0.468 e. The fourth-order valence-electron chi connectivity index (χ4n) is 2.30. The number of carbonyl (C=O) groups is 3. The third-order valence-electron chi connectivity index (χ3n) is 3.45. The summed E-state index contributed by atoms with van der Waals surface area (Å²) in [5.74, 6) is -0.689. The molecule has 1 saturated heterocycles. The van der Waals surface area contributed by atoms with Crippen molar-refractivity contribution in [3.05, 3.63) is 35.9 Å². The van der Waals surface area contributed by atoms with E-state index < -0.39 is 5.97 Å². The Kier molecular flexibility index (Phi) is 4.98. The van der Waals surface area contributed by atoms with E-state index in [0.29, 0.717) is 13.1 Å². The lowest BCUT2D eigenvalue weighted by Gasteiger charge is -2.42. The summed E-state index contributed by atoms with van der Waals surface area (Å²) in [6, 6.07) is 9.00. The molecule has 0 saturated carbocycles. The molecule has 1 aromatic rings. The smallest absolute Gasteiger partial charge is 0.339 e. The van der Waals surface area contributed by atoms with Crippen molar-refractivity contribution < 1.29 is 19.1 Å². The number of methoxy groups -OCH3 is 1. The first-order chi connectivity index (χ1) is 10.5. The van der Waals surface area contributed by atoms with Gasteiger partial charge in [0.25, 0.3) is 0 Å². The maximum absolute atomic E-state index is 12.5. The van der Waals surface area contributed by atoms with E-state index >= 15 is 0 Å². The van der Waals surface area contributed by atoms with Gasteiger partial charge < -0.3 is 9.64 Å². The molecule has 3 amide bonds. The summed E-state index contributed by atoms with van der Waals surface area (Å²) in [4.78, 5) is 37.1. The standard InChI is InChI=1S/C15H19N3O4/c1-12(19)17-9-8-16(11-14(20)22-2)15(21)18(17)10-13-6-4-3-5-7-13/h3-7H,8-11H2,1-2H3. The highest BCUT2D eigenvalue weighted by molar-refractivity contribution is 5.84. The molecule has 22 heavy (non-hydrogen) atoms. The number of nitrogens with zero attached hydrogens (tertiary/aromatic N) is 3. The van der Waals surface area contributed by atoms with Gasteiger partial charge in [0.15, 0.2) is 0 Å². The fraction of sp³-hybridized carbons (Fsp3) is 0.400. The topological polar surface area (TPSA) is 70.2 Å². The van der Waals surface area contributed by atoms with Crippen LogP contribution in [0.2, 0.25) is 0 Å². The highest BCUT2D eigenvalue weighted by Gasteiger charge is 2.34. The van der Waals surface area contributed by atoms with Gasteiger partial charge in [0, 0.05) is 13.5 Å². The first-order valence-electron chi connectivity index (χ1n) is 6.98. The molecule has 1 aliphatic rings. The van der Waals surface area contributed by atoms with Crippen LogP contribution in [0.1, 0.15) is 12.5 Å². The molecule has 1 fully saturated rings. The van der Waals surface area contributed by atoms with Crippen molar-refractivity contribution in [1.29, 1.82) is 0 Å². The monoisotopic (exact) mass is 305 g/mol. The Hall–Kier alpha value is -2.57. The van der Waals surface area contributed by atoms with Crippen LogP contribution in [0.25, 0.3) is 0 Å². The number of benzene rings is 1. The second-order valence-corrected chi connectivity index (χ2v) is 4.97. The molecule has 2 rings (SSSR count). The summed E-state index contributed by atoms with van der Waals surface area (Å²) in [5, 5.41) is 2.77. The molecule has 0 aliphatic carbocycles. The second-order valence-electron chi connectivity index (χ2n) is 4.97. The maximum Gasteiger partial charge on any atom is 0.339 e. The van der Waals surface area contributed by atoms with Crippen molar-refractivity contribution in [2.75, 3.05) is 26.7 Å². The number of urea groups is 1. The number of rotatable bonds is 4. The predicted octanol–water partition coefficient (Wildman–Crippen LogP) is 0.861. The van der Waals surface area contributed by atoms with E-state index in [-0.39, 0.29) is 25.0 Å². The van der Waals surface area contributed by atoms with Gasteiger partial charge in [-0.1, -0.05) is 30.3 Å². The van der Waals surface area contributed by atoms with E-state index in [1.807, 2.05) is 30.3 Å². The Bertz CT molecular complexity index is 561. The number of amides is 3. The number of esters is 1. The van der Waals surface area contributed by atoms with Gasteiger partial charge >= 0.3 is 12.0 Å². The maximum atomic E-state index is 12.5. The zero-order valence-corrected chi connectivity index (χ0v) is 12.7. The predicted molar refractivity (Wildman–Crippen MR) is 78.4 cm³/mol. The fourth-order valence-corrected chi connectivity index (χ4v) is 2.30. The van der Waals surface area contributed by atoms with Crippen LogP contribution in [0.5, 0.6) is 0 Å². The molecule has 0 N–H and O–H groups in total. The van der Waals surface area contributed by atoms with Crippen molar-refractivity contribution >= 4 is 17.9 Å². The van der Waals surface area contributed by atoms with Crippen molar-refractivity contribution in [3.63, 3.8) is 0 Å². The quantitative estimate of drug-likeness (QED) is 0.774. The van der Waals surface area contributed by atoms with Crippen LogP contribution in [0.4, 0.5) is 4.79 Å². The summed E-state index contributed by atoms with van der Waals surface area (Å²) >= 11 is 0. The lowest BCUT2D eigenvalue weighted by molar-refractivity contribution is -0.149. The van der Waals surface area contributed by atoms with Crippen molar-refractivity contribution in [2.24, 2.45) is 0 Å². The first kappa shape index (κ1) is 15.8. The summed E-state index contributed by atoms with van der Waals surface area (Å²) in [6.07, 6.45) is 0. The molecule has 1 aromatic carbocycles. The number of hydrogen-bond acceptors (Lipinski definition) is 4. The molecule has 0 spiro atoms. The molecule has 0 radical (unpaired) electrons. The molecule has 0 bridgehead atoms. The highest BCUT2D eigenvalue weighted by atomic mass is 16.5. The molecule has 0 atom stereocenters. The minimum atomic E-state index is -0.482. The van der Waals surface area contributed by atoms with E-state index in [1.54, 1.807) is 0 Å². The second kappa shape index (κ2) is 6.93. The molecule has 0 aromatic heterocycles. The van der Waals surface area contributed by atoms with E-state index in [4.69, 9.17) is 0 Å². The van der Waals surface area contributed by atoms with Crippen molar-refractivity contribution in [1.82, 2.24) is 14.9 Å². The molecular weight excluding hydrogens is 286 g/mol. The zero-order valence-electron chi connectivity index (χ0n) is 12.7. The van der Waals surface area contributed by atoms with E-state index in [9.17, 15) is 14.4 Å². The average molecular weight is 305 g/mol. The Morgan fingerprint density at radius 2 is 1.86 bits per heavy atom. The summed E-state index contributed by atoms with van der Waals surface area (Å²) in [5.41, 5.74) is 0.905. The van der Waals surface area contributed by atoms with Crippen LogP contribution >= 0.6 is 0 Å². The van der Waals surface area contributed by atoms with E-state index in [2.05, 4.69) is 4.74 Å². The number of ether oxygens (including phenoxy) is 1. The average Bonchev–Trinajstić information content (AvgIpc) is 2.51. The molecule has 7 nitrogen and oxygen atoms in total. The summed E-state index contributed by atoms with van der Waals surface area (Å²) < 4.78 is 4.60. The Balaban J connectivity index is 2.17. The van der Waals surface area contributed by atoms with Gasteiger partial charge in [-0.25, -0.2) is 14.8 Å².